The smallest absolute Gasteiger partial charge is 0.295 e. The Morgan fingerprint density at radius 2 is 1.94 bits per heavy atom. The van der Waals surface area contributed by atoms with Crippen LogP contribution in [0.4, 0.5) is 0 Å². The third kappa shape index (κ3) is 4.31. The predicted octanol–water partition coefficient (Wildman–Crippen LogP) is 4.58. The summed E-state index contributed by atoms with van der Waals surface area (Å²) in [6.07, 6.45) is 1.79. The molecule has 1 amide bonds. The maximum atomic E-state index is 13.2. The lowest BCUT2D eigenvalue weighted by Crippen LogP contribution is -2.32. The van der Waals surface area contributed by atoms with Gasteiger partial charge in [-0.1, -0.05) is 32.0 Å². The molecule has 7 heteroatoms. The van der Waals surface area contributed by atoms with E-state index in [-0.39, 0.29) is 24.5 Å². The highest BCUT2D eigenvalue weighted by Gasteiger charge is 2.46. The van der Waals surface area contributed by atoms with Crippen molar-refractivity contribution in [2.24, 2.45) is 5.92 Å². The quantitative estimate of drug-likeness (QED) is 0.290. The molecule has 2 aromatic carbocycles. The van der Waals surface area contributed by atoms with E-state index in [1.165, 1.54) is 4.90 Å². The van der Waals surface area contributed by atoms with Crippen LogP contribution in [0.25, 0.3) is 16.7 Å². The summed E-state index contributed by atoms with van der Waals surface area (Å²) in [5.41, 5.74) is 3.01. The maximum absolute atomic E-state index is 13.2. The van der Waals surface area contributed by atoms with Crippen molar-refractivity contribution < 1.29 is 24.2 Å². The molecule has 1 fully saturated rings. The summed E-state index contributed by atoms with van der Waals surface area (Å²) >= 11 is 0. The Bertz CT molecular complexity index is 1260. The van der Waals surface area contributed by atoms with E-state index in [0.29, 0.717) is 18.1 Å². The number of hydrogen-bond donors (Lipinski definition) is 2. The number of carbonyl (C=O) groups excluding carboxylic acids is 2. The number of ether oxygens (including phenoxy) is 2. The van der Waals surface area contributed by atoms with Crippen molar-refractivity contribution in [2.75, 3.05) is 26.9 Å². The van der Waals surface area contributed by atoms with Crippen molar-refractivity contribution in [3.8, 4) is 5.75 Å². The Morgan fingerprint density at radius 3 is 2.65 bits per heavy atom. The van der Waals surface area contributed by atoms with Crippen LogP contribution in [0.1, 0.15) is 36.6 Å². The van der Waals surface area contributed by atoms with Crippen LogP contribution in [0.2, 0.25) is 0 Å². The van der Waals surface area contributed by atoms with Crippen molar-refractivity contribution in [3.05, 3.63) is 70.9 Å². The third-order valence-electron chi connectivity index (χ3n) is 6.01. The molecule has 7 nitrogen and oxygen atoms in total. The molecule has 1 atom stereocenters. The first kappa shape index (κ1) is 23.6. The Labute approximate surface area is 199 Å². The van der Waals surface area contributed by atoms with Crippen molar-refractivity contribution >= 4 is 28.4 Å². The van der Waals surface area contributed by atoms with Crippen LogP contribution in [0, 0.1) is 12.8 Å². The number of para-hydroxylation sites is 1. The van der Waals surface area contributed by atoms with Gasteiger partial charge in [-0.25, -0.2) is 0 Å². The van der Waals surface area contributed by atoms with Gasteiger partial charge in [0.2, 0.25) is 0 Å². The zero-order valence-corrected chi connectivity index (χ0v) is 19.9. The fourth-order valence-electron chi connectivity index (χ4n) is 4.31. The maximum Gasteiger partial charge on any atom is 0.295 e. The molecule has 0 saturated carbocycles. The summed E-state index contributed by atoms with van der Waals surface area (Å²) in [5.74, 6) is -0.457. The number of aryl methyl sites for hydroxylation is 1. The van der Waals surface area contributed by atoms with Gasteiger partial charge in [-0.2, -0.15) is 0 Å². The van der Waals surface area contributed by atoms with Gasteiger partial charge in [-0.3, -0.25) is 9.59 Å². The summed E-state index contributed by atoms with van der Waals surface area (Å²) in [6.45, 7) is 7.11. The highest BCUT2D eigenvalue weighted by atomic mass is 16.5. The first-order valence-corrected chi connectivity index (χ1v) is 11.4. The number of aliphatic hydroxyl groups excluding tert-OH is 1. The molecular weight excluding hydrogens is 432 g/mol. The molecule has 0 aliphatic carbocycles. The standard InChI is InChI=1S/C27H30N2O5/c1-16(2)15-34-22-10-9-18(13-17(22)3)25(30)23-24(29(11-12-33-4)27(32)26(23)31)20-14-28-21-8-6-5-7-19(20)21/h5-10,13-14,16,24,28,30H,11-12,15H2,1-4H3/b25-23+. The van der Waals surface area contributed by atoms with Crippen LogP contribution in [-0.4, -0.2) is 53.5 Å². The van der Waals surface area contributed by atoms with Gasteiger partial charge >= 0.3 is 0 Å². The fourth-order valence-corrected chi connectivity index (χ4v) is 4.31. The van der Waals surface area contributed by atoms with E-state index in [0.717, 1.165) is 27.8 Å². The number of aliphatic hydroxyl groups is 1. The van der Waals surface area contributed by atoms with E-state index in [1.54, 1.807) is 31.5 Å². The number of Topliss-reactive ketones (excluding diaryl/α,β-unsaturated/α-hetero) is 1. The number of amides is 1. The molecule has 1 unspecified atom stereocenters. The largest absolute Gasteiger partial charge is 0.507 e. The minimum atomic E-state index is -0.733. The summed E-state index contributed by atoms with van der Waals surface area (Å²) in [5, 5.41) is 12.2. The molecule has 2 N–H and O–H groups in total. The van der Waals surface area contributed by atoms with Crippen LogP contribution in [0.3, 0.4) is 0 Å². The zero-order valence-electron chi connectivity index (χ0n) is 19.9. The van der Waals surface area contributed by atoms with E-state index >= 15 is 0 Å². The van der Waals surface area contributed by atoms with Gasteiger partial charge in [0.15, 0.2) is 0 Å². The zero-order chi connectivity index (χ0) is 24.4. The lowest BCUT2D eigenvalue weighted by Gasteiger charge is -2.24. The number of nitrogens with one attached hydrogen (secondary N) is 1. The minimum Gasteiger partial charge on any atom is -0.507 e. The number of aromatic amines is 1. The van der Waals surface area contributed by atoms with E-state index in [4.69, 9.17) is 9.47 Å². The van der Waals surface area contributed by atoms with Gasteiger partial charge in [0, 0.05) is 41.9 Å². The average molecular weight is 463 g/mol. The SMILES string of the molecule is COCCN1C(=O)C(=O)/C(=C(/O)c2ccc(OCC(C)C)c(C)c2)C1c1c[nH]c2ccccc12. The highest BCUT2D eigenvalue weighted by Crippen LogP contribution is 2.42. The van der Waals surface area contributed by atoms with E-state index in [2.05, 4.69) is 18.8 Å². The van der Waals surface area contributed by atoms with Crippen molar-refractivity contribution in [1.29, 1.82) is 0 Å². The second-order valence-electron chi connectivity index (χ2n) is 8.96. The number of H-pyrrole nitrogens is 1. The number of benzene rings is 2. The number of hydrogen-bond acceptors (Lipinski definition) is 5. The van der Waals surface area contributed by atoms with Crippen LogP contribution in [-0.2, 0) is 14.3 Å². The first-order valence-electron chi connectivity index (χ1n) is 11.4. The first-order chi connectivity index (χ1) is 16.3. The molecule has 0 bridgehead atoms. The van der Waals surface area contributed by atoms with E-state index in [9.17, 15) is 14.7 Å². The second kappa shape index (κ2) is 9.73. The second-order valence-corrected chi connectivity index (χ2v) is 8.96. The molecule has 2 heterocycles. The lowest BCUT2D eigenvalue weighted by molar-refractivity contribution is -0.140. The fraction of sp³-hybridized carbons (Fsp3) is 0.333. The Balaban J connectivity index is 1.82. The van der Waals surface area contributed by atoms with Gasteiger partial charge in [-0.05, 0) is 42.7 Å². The molecule has 1 aromatic heterocycles. The third-order valence-corrected chi connectivity index (χ3v) is 6.01. The van der Waals surface area contributed by atoms with Crippen LogP contribution >= 0.6 is 0 Å². The minimum absolute atomic E-state index is 0.0705. The molecule has 1 saturated heterocycles. The number of rotatable bonds is 8. The summed E-state index contributed by atoms with van der Waals surface area (Å²) in [4.78, 5) is 30.9. The Hall–Kier alpha value is -3.58. The lowest BCUT2D eigenvalue weighted by atomic mass is 9.94. The van der Waals surface area contributed by atoms with Gasteiger partial charge in [0.05, 0.1) is 24.8 Å². The van der Waals surface area contributed by atoms with Crippen LogP contribution in [0.5, 0.6) is 5.75 Å². The number of carbonyl (C=O) groups is 2. The van der Waals surface area contributed by atoms with Crippen molar-refractivity contribution in [2.45, 2.75) is 26.8 Å². The number of ketones is 1. The van der Waals surface area contributed by atoms with Crippen molar-refractivity contribution in [3.63, 3.8) is 0 Å². The number of nitrogens with zero attached hydrogens (tertiary/aromatic N) is 1. The Kier molecular flexibility index (Phi) is 6.75. The summed E-state index contributed by atoms with van der Waals surface area (Å²) < 4.78 is 11.0. The predicted molar refractivity (Wildman–Crippen MR) is 131 cm³/mol. The summed E-state index contributed by atoms with van der Waals surface area (Å²) in [6, 6.07) is 12.2. The summed E-state index contributed by atoms with van der Waals surface area (Å²) in [7, 11) is 1.54. The molecule has 0 spiro atoms. The molecule has 34 heavy (non-hydrogen) atoms. The van der Waals surface area contributed by atoms with E-state index in [1.807, 2.05) is 31.2 Å². The number of fused-ring (bicyclic) bond motifs is 1. The number of aromatic nitrogens is 1. The molecule has 4 rings (SSSR count). The van der Waals surface area contributed by atoms with Gasteiger partial charge in [0.25, 0.3) is 11.7 Å². The number of likely N-dealkylation sites (tertiary alicyclic amines) is 1. The van der Waals surface area contributed by atoms with E-state index < -0.39 is 17.7 Å². The van der Waals surface area contributed by atoms with Crippen molar-refractivity contribution in [1.82, 2.24) is 9.88 Å². The molecule has 1 aliphatic heterocycles. The molecular formula is C27H30N2O5. The average Bonchev–Trinajstić information content (AvgIpc) is 3.35. The van der Waals surface area contributed by atoms with Gasteiger partial charge in [0.1, 0.15) is 11.5 Å². The highest BCUT2D eigenvalue weighted by molar-refractivity contribution is 6.46. The molecule has 3 aromatic rings. The molecule has 178 valence electrons. The normalized spacial score (nSPS) is 17.8. The molecule has 0 radical (unpaired) electrons. The topological polar surface area (TPSA) is 91.9 Å². The van der Waals surface area contributed by atoms with Crippen LogP contribution < -0.4 is 4.74 Å². The monoisotopic (exact) mass is 462 g/mol. The van der Waals surface area contributed by atoms with Gasteiger partial charge < -0.3 is 24.5 Å². The van der Waals surface area contributed by atoms with Crippen LogP contribution in [0.15, 0.2) is 54.2 Å². The molecule has 1 aliphatic rings. The van der Waals surface area contributed by atoms with Gasteiger partial charge in [-0.15, -0.1) is 0 Å². The Morgan fingerprint density at radius 1 is 1.18 bits per heavy atom. The number of methoxy groups -OCH3 is 1.